The van der Waals surface area contributed by atoms with E-state index >= 15 is 0 Å². The Morgan fingerprint density at radius 1 is 1.21 bits per heavy atom. The molecule has 0 fully saturated rings. The topological polar surface area (TPSA) is 57.7 Å². The van der Waals surface area contributed by atoms with Gasteiger partial charge < -0.3 is 14.2 Å². The summed E-state index contributed by atoms with van der Waals surface area (Å²) in [6.07, 6.45) is 5.05. The number of hydrogen-bond acceptors (Lipinski definition) is 5. The minimum atomic E-state index is -0.678. The van der Waals surface area contributed by atoms with E-state index in [2.05, 4.69) is 39.6 Å². The number of carbonyl (C=O) groups excluding carboxylic acids is 1. The fourth-order valence-corrected chi connectivity index (χ4v) is 3.61. The molecule has 5 nitrogen and oxygen atoms in total. The summed E-state index contributed by atoms with van der Waals surface area (Å²) in [7, 11) is 0. The number of fused-ring (bicyclic) bond motifs is 1. The van der Waals surface area contributed by atoms with Crippen LogP contribution in [0.25, 0.3) is 0 Å². The highest BCUT2D eigenvalue weighted by atomic mass is 16.6. The monoisotopic (exact) mass is 397 g/mol. The summed E-state index contributed by atoms with van der Waals surface area (Å²) in [6, 6.07) is 3.40. The molecule has 0 N–H and O–H groups in total. The number of ether oxygens (including phenoxy) is 3. The van der Waals surface area contributed by atoms with E-state index < -0.39 is 11.6 Å². The van der Waals surface area contributed by atoms with Crippen LogP contribution in [-0.2, 0) is 11.2 Å². The van der Waals surface area contributed by atoms with Gasteiger partial charge in [0.05, 0.1) is 5.56 Å². The zero-order chi connectivity index (χ0) is 21.4. The van der Waals surface area contributed by atoms with Crippen molar-refractivity contribution in [2.24, 2.45) is 0 Å². The zero-order valence-electron chi connectivity index (χ0n) is 18.5. The quantitative estimate of drug-likeness (QED) is 0.655. The van der Waals surface area contributed by atoms with E-state index in [-0.39, 0.29) is 12.2 Å². The van der Waals surface area contributed by atoms with E-state index in [1.807, 2.05) is 13.8 Å². The van der Waals surface area contributed by atoms with Crippen LogP contribution >= 0.6 is 0 Å². The average Bonchev–Trinajstić information content (AvgIpc) is 2.68. The summed E-state index contributed by atoms with van der Waals surface area (Å²) in [4.78, 5) is 16.2. The van der Waals surface area contributed by atoms with Gasteiger partial charge in [-0.1, -0.05) is 0 Å². The van der Waals surface area contributed by atoms with Crippen molar-refractivity contribution in [2.45, 2.75) is 72.5 Å². The fraction of sp³-hybridized carbons (Fsp3) is 0.500. The van der Waals surface area contributed by atoms with Gasteiger partial charge in [0, 0.05) is 18.0 Å². The highest BCUT2D eigenvalue weighted by molar-refractivity contribution is 5.88. The maximum Gasteiger partial charge on any atom is 0.339 e. The molecule has 1 aliphatic heterocycles. The van der Waals surface area contributed by atoms with Crippen molar-refractivity contribution in [1.29, 1.82) is 0 Å². The van der Waals surface area contributed by atoms with Gasteiger partial charge >= 0.3 is 5.97 Å². The maximum atomic E-state index is 12.2. The molecule has 0 saturated carbocycles. The van der Waals surface area contributed by atoms with Crippen molar-refractivity contribution in [3.63, 3.8) is 0 Å². The van der Waals surface area contributed by atoms with E-state index in [0.29, 0.717) is 5.56 Å². The van der Waals surface area contributed by atoms with Crippen LogP contribution in [0.2, 0.25) is 0 Å². The molecule has 0 aliphatic carbocycles. The number of nitrogens with zero attached hydrogens (tertiary/aromatic N) is 1. The molecule has 0 unspecified atom stereocenters. The molecule has 0 atom stereocenters. The van der Waals surface area contributed by atoms with E-state index in [0.717, 1.165) is 41.0 Å². The Bertz CT molecular complexity index is 916. The molecular weight excluding hydrogens is 366 g/mol. The molecular formula is C24H31NO4. The zero-order valence-corrected chi connectivity index (χ0v) is 18.5. The van der Waals surface area contributed by atoms with Gasteiger partial charge in [-0.3, -0.25) is 4.98 Å². The molecule has 1 aliphatic rings. The van der Waals surface area contributed by atoms with Crippen LogP contribution < -0.4 is 9.47 Å². The Morgan fingerprint density at radius 3 is 2.59 bits per heavy atom. The largest absolute Gasteiger partial charge is 0.487 e. The number of aromatic nitrogens is 1. The number of rotatable bonds is 5. The number of carbonyl (C=O) groups is 1. The predicted octanol–water partition coefficient (Wildman–Crippen LogP) is 5.12. The standard InChI is InChI=1S/C24H31NO4/c1-15-16(2)21-19(10-11-23(4,5)29-21)17(3)20(15)28-24(6,7)14-27-22(26)18-9-8-12-25-13-18/h8-9,12-13H,10-11,14H2,1-7H3. The van der Waals surface area contributed by atoms with E-state index in [9.17, 15) is 4.79 Å². The molecule has 0 amide bonds. The van der Waals surface area contributed by atoms with Crippen LogP contribution in [0.3, 0.4) is 0 Å². The minimum absolute atomic E-state index is 0.138. The smallest absolute Gasteiger partial charge is 0.339 e. The molecule has 0 bridgehead atoms. The molecule has 1 aromatic heterocycles. The third kappa shape index (κ3) is 4.55. The number of benzene rings is 1. The number of pyridine rings is 1. The van der Waals surface area contributed by atoms with Gasteiger partial charge in [-0.2, -0.15) is 0 Å². The van der Waals surface area contributed by atoms with Crippen molar-refractivity contribution >= 4 is 5.97 Å². The number of hydrogen-bond donors (Lipinski definition) is 0. The lowest BCUT2D eigenvalue weighted by Gasteiger charge is -2.36. The Labute approximate surface area is 173 Å². The van der Waals surface area contributed by atoms with Crippen molar-refractivity contribution in [3.05, 3.63) is 52.3 Å². The Morgan fingerprint density at radius 2 is 1.93 bits per heavy atom. The SMILES string of the molecule is Cc1c(C)c2c(c(C)c1OC(C)(C)COC(=O)c1cccnc1)CCC(C)(C)O2. The highest BCUT2D eigenvalue weighted by Gasteiger charge is 2.33. The van der Waals surface area contributed by atoms with Crippen LogP contribution in [0.4, 0.5) is 0 Å². The van der Waals surface area contributed by atoms with Gasteiger partial charge in [-0.15, -0.1) is 0 Å². The summed E-state index contributed by atoms with van der Waals surface area (Å²) in [6.45, 7) is 14.5. The maximum absolute atomic E-state index is 12.2. The van der Waals surface area contributed by atoms with Gasteiger partial charge in [0.1, 0.15) is 29.3 Å². The van der Waals surface area contributed by atoms with Gasteiger partial charge in [-0.25, -0.2) is 4.79 Å². The Balaban J connectivity index is 1.80. The second-order valence-electron chi connectivity index (χ2n) is 9.05. The van der Waals surface area contributed by atoms with Crippen LogP contribution in [0.5, 0.6) is 11.5 Å². The van der Waals surface area contributed by atoms with Crippen LogP contribution in [0, 0.1) is 20.8 Å². The predicted molar refractivity (Wildman–Crippen MR) is 113 cm³/mol. The molecule has 0 spiro atoms. The molecule has 2 aromatic rings. The molecule has 5 heteroatoms. The first-order valence-electron chi connectivity index (χ1n) is 10.1. The average molecular weight is 398 g/mol. The molecule has 0 saturated heterocycles. The van der Waals surface area contributed by atoms with E-state index in [4.69, 9.17) is 14.2 Å². The van der Waals surface area contributed by atoms with Crippen molar-refractivity contribution in [3.8, 4) is 11.5 Å². The van der Waals surface area contributed by atoms with Crippen LogP contribution in [0.15, 0.2) is 24.5 Å². The summed E-state index contributed by atoms with van der Waals surface area (Å²) in [5, 5.41) is 0. The van der Waals surface area contributed by atoms with Gasteiger partial charge in [-0.05, 0) is 90.1 Å². The van der Waals surface area contributed by atoms with Gasteiger partial charge in [0.25, 0.3) is 0 Å². The summed E-state index contributed by atoms with van der Waals surface area (Å²) in [5.41, 5.74) is 4.08. The molecule has 0 radical (unpaired) electrons. The molecule has 1 aromatic carbocycles. The summed E-state index contributed by atoms with van der Waals surface area (Å²) >= 11 is 0. The van der Waals surface area contributed by atoms with Gasteiger partial charge in [0.15, 0.2) is 0 Å². The number of esters is 1. The third-order valence-corrected chi connectivity index (χ3v) is 5.49. The second kappa shape index (κ2) is 7.69. The molecule has 29 heavy (non-hydrogen) atoms. The van der Waals surface area contributed by atoms with Gasteiger partial charge in [0.2, 0.25) is 0 Å². The summed E-state index contributed by atoms with van der Waals surface area (Å²) < 4.78 is 18.2. The third-order valence-electron chi connectivity index (χ3n) is 5.49. The first-order chi connectivity index (χ1) is 13.5. The van der Waals surface area contributed by atoms with Crippen molar-refractivity contribution < 1.29 is 19.0 Å². The second-order valence-corrected chi connectivity index (χ2v) is 9.05. The van der Waals surface area contributed by atoms with Crippen molar-refractivity contribution in [1.82, 2.24) is 4.98 Å². The van der Waals surface area contributed by atoms with Crippen molar-refractivity contribution in [2.75, 3.05) is 6.61 Å². The fourth-order valence-electron chi connectivity index (χ4n) is 3.61. The lowest BCUT2D eigenvalue weighted by atomic mass is 9.88. The molecule has 2 heterocycles. The normalized spacial score (nSPS) is 15.3. The Hall–Kier alpha value is -2.56. The molecule has 3 rings (SSSR count). The molecule has 156 valence electrons. The lowest BCUT2D eigenvalue weighted by Crippen LogP contribution is -2.36. The summed E-state index contributed by atoms with van der Waals surface area (Å²) in [5.74, 6) is 1.44. The van der Waals surface area contributed by atoms with Crippen LogP contribution in [0.1, 0.15) is 66.7 Å². The highest BCUT2D eigenvalue weighted by Crippen LogP contribution is 2.44. The van der Waals surface area contributed by atoms with Crippen LogP contribution in [-0.4, -0.2) is 28.8 Å². The lowest BCUT2D eigenvalue weighted by molar-refractivity contribution is 0.00230. The van der Waals surface area contributed by atoms with E-state index in [1.165, 1.54) is 11.8 Å². The van der Waals surface area contributed by atoms with E-state index in [1.54, 1.807) is 18.3 Å². The minimum Gasteiger partial charge on any atom is -0.487 e. The Kier molecular flexibility index (Phi) is 5.61. The first kappa shape index (κ1) is 21.2. The first-order valence-corrected chi connectivity index (χ1v) is 10.1.